The van der Waals surface area contributed by atoms with Gasteiger partial charge in [-0.3, -0.25) is 0 Å². The Bertz CT molecular complexity index is 1200. The molecule has 0 saturated carbocycles. The molecule has 0 aliphatic rings. The molecule has 4 aromatic rings. The van der Waals surface area contributed by atoms with E-state index in [1.807, 2.05) is 12.1 Å². The largest absolute Gasteiger partial charge is 0.383 e. The number of ether oxygens (including phenoxy) is 1. The first-order valence-electron chi connectivity index (χ1n) is 9.63. The standard InChI is InChI=1S/C21H24N6OS/c1-3-27-19-11-17-15(10-18(19)26-21(27)29)20(25-13-24-17)23-12-14-6-4-5-7-16(14)22-8-9-28-2/h4-7,10-11,13,22H,3,8-9,12H2,1-2H3,(H,26,29)(H,23,24,25). The average Bonchev–Trinajstić information content (AvgIpc) is 3.05. The molecule has 150 valence electrons. The quantitative estimate of drug-likeness (QED) is 0.297. The van der Waals surface area contributed by atoms with E-state index in [0.29, 0.717) is 13.2 Å². The number of nitrogens with zero attached hydrogens (tertiary/aromatic N) is 3. The minimum atomic E-state index is 0.645. The van der Waals surface area contributed by atoms with Gasteiger partial charge in [0.05, 0.1) is 23.2 Å². The molecule has 2 heterocycles. The van der Waals surface area contributed by atoms with Crippen LogP contribution in [-0.2, 0) is 17.8 Å². The fourth-order valence-corrected chi connectivity index (χ4v) is 3.81. The van der Waals surface area contributed by atoms with E-state index in [-0.39, 0.29) is 0 Å². The van der Waals surface area contributed by atoms with Crippen molar-refractivity contribution in [2.24, 2.45) is 0 Å². The number of aryl methyl sites for hydroxylation is 1. The molecule has 3 N–H and O–H groups in total. The molecule has 0 amide bonds. The van der Waals surface area contributed by atoms with E-state index in [9.17, 15) is 0 Å². The van der Waals surface area contributed by atoms with E-state index < -0.39 is 0 Å². The van der Waals surface area contributed by atoms with Crippen molar-refractivity contribution >= 4 is 45.7 Å². The van der Waals surface area contributed by atoms with E-state index >= 15 is 0 Å². The maximum atomic E-state index is 5.44. The van der Waals surface area contributed by atoms with E-state index in [4.69, 9.17) is 17.0 Å². The Morgan fingerprint density at radius 2 is 2.03 bits per heavy atom. The van der Waals surface area contributed by atoms with Crippen molar-refractivity contribution < 1.29 is 4.74 Å². The van der Waals surface area contributed by atoms with Crippen molar-refractivity contribution in [1.29, 1.82) is 0 Å². The Hall–Kier alpha value is -2.97. The number of methoxy groups -OCH3 is 1. The first-order valence-corrected chi connectivity index (χ1v) is 10.0. The highest BCUT2D eigenvalue weighted by Crippen LogP contribution is 2.26. The summed E-state index contributed by atoms with van der Waals surface area (Å²) in [7, 11) is 1.70. The van der Waals surface area contributed by atoms with E-state index in [2.05, 4.69) is 61.3 Å². The van der Waals surface area contributed by atoms with E-state index in [1.54, 1.807) is 13.4 Å². The van der Waals surface area contributed by atoms with Crippen molar-refractivity contribution in [3.8, 4) is 0 Å². The number of rotatable bonds is 8. The Morgan fingerprint density at radius 3 is 2.86 bits per heavy atom. The Morgan fingerprint density at radius 1 is 1.17 bits per heavy atom. The summed E-state index contributed by atoms with van der Waals surface area (Å²) < 4.78 is 7.92. The zero-order valence-electron chi connectivity index (χ0n) is 16.5. The van der Waals surface area contributed by atoms with Crippen LogP contribution in [0.15, 0.2) is 42.7 Å². The third-order valence-corrected chi connectivity index (χ3v) is 5.25. The second-order valence-electron chi connectivity index (χ2n) is 6.71. The minimum absolute atomic E-state index is 0.645. The van der Waals surface area contributed by atoms with Gasteiger partial charge in [0, 0.05) is 37.8 Å². The number of nitrogens with one attached hydrogen (secondary N) is 3. The number of benzene rings is 2. The highest BCUT2D eigenvalue weighted by Gasteiger charge is 2.10. The van der Waals surface area contributed by atoms with Gasteiger partial charge in [-0.25, -0.2) is 9.97 Å². The van der Waals surface area contributed by atoms with Crippen LogP contribution in [0.4, 0.5) is 11.5 Å². The van der Waals surface area contributed by atoms with Crippen LogP contribution < -0.4 is 10.6 Å². The van der Waals surface area contributed by atoms with Crippen LogP contribution in [0.3, 0.4) is 0 Å². The van der Waals surface area contributed by atoms with Crippen LogP contribution in [0, 0.1) is 4.77 Å². The SMILES string of the molecule is CCn1c(=S)[nH]c2cc3c(NCc4ccccc4NCCOC)ncnc3cc21. The summed E-state index contributed by atoms with van der Waals surface area (Å²) in [4.78, 5) is 12.2. The van der Waals surface area contributed by atoms with Gasteiger partial charge in [-0.2, -0.15) is 0 Å². The molecule has 0 atom stereocenters. The molecule has 0 aliphatic carbocycles. The van der Waals surface area contributed by atoms with Gasteiger partial charge in [0.15, 0.2) is 4.77 Å². The zero-order chi connectivity index (χ0) is 20.2. The number of aromatic amines is 1. The maximum absolute atomic E-state index is 5.44. The molecule has 0 spiro atoms. The topological polar surface area (TPSA) is 79.8 Å². The summed E-state index contributed by atoms with van der Waals surface area (Å²) in [5, 5.41) is 7.84. The Balaban J connectivity index is 1.64. The van der Waals surface area contributed by atoms with Gasteiger partial charge in [-0.15, -0.1) is 0 Å². The van der Waals surface area contributed by atoms with Gasteiger partial charge in [0.25, 0.3) is 0 Å². The number of para-hydroxylation sites is 1. The van der Waals surface area contributed by atoms with Crippen LogP contribution in [0.5, 0.6) is 0 Å². The number of hydrogen-bond acceptors (Lipinski definition) is 6. The van der Waals surface area contributed by atoms with Gasteiger partial charge in [-0.05, 0) is 42.9 Å². The zero-order valence-corrected chi connectivity index (χ0v) is 17.3. The lowest BCUT2D eigenvalue weighted by Gasteiger charge is -2.13. The number of hydrogen-bond donors (Lipinski definition) is 3. The lowest BCUT2D eigenvalue weighted by Crippen LogP contribution is -2.11. The maximum Gasteiger partial charge on any atom is 0.178 e. The third kappa shape index (κ3) is 3.94. The van der Waals surface area contributed by atoms with Crippen molar-refractivity contribution in [2.75, 3.05) is 30.9 Å². The molecule has 2 aromatic carbocycles. The van der Waals surface area contributed by atoms with E-state index in [1.165, 1.54) is 0 Å². The van der Waals surface area contributed by atoms with Crippen LogP contribution >= 0.6 is 12.2 Å². The predicted molar refractivity (Wildman–Crippen MR) is 120 cm³/mol. The smallest absolute Gasteiger partial charge is 0.178 e. The molecule has 0 unspecified atom stereocenters. The fourth-order valence-electron chi connectivity index (χ4n) is 3.48. The highest BCUT2D eigenvalue weighted by molar-refractivity contribution is 7.71. The monoisotopic (exact) mass is 408 g/mol. The summed E-state index contributed by atoms with van der Waals surface area (Å²) in [5.74, 6) is 0.798. The van der Waals surface area contributed by atoms with Crippen molar-refractivity contribution in [2.45, 2.75) is 20.0 Å². The predicted octanol–water partition coefficient (Wildman–Crippen LogP) is 4.33. The normalized spacial score (nSPS) is 11.2. The summed E-state index contributed by atoms with van der Waals surface area (Å²) >= 11 is 5.44. The summed E-state index contributed by atoms with van der Waals surface area (Å²) in [5.41, 5.74) is 5.18. The van der Waals surface area contributed by atoms with Gasteiger partial charge < -0.3 is 24.9 Å². The molecule has 0 saturated heterocycles. The lowest BCUT2D eigenvalue weighted by atomic mass is 10.1. The molecule has 0 fully saturated rings. The molecule has 0 bridgehead atoms. The first-order chi connectivity index (χ1) is 14.2. The van der Waals surface area contributed by atoms with Crippen LogP contribution in [0.1, 0.15) is 12.5 Å². The Kier molecular flexibility index (Phi) is 5.73. The number of H-pyrrole nitrogens is 1. The summed E-state index contributed by atoms with van der Waals surface area (Å²) in [6.07, 6.45) is 1.59. The molecule has 2 aromatic heterocycles. The average molecular weight is 409 g/mol. The molecule has 29 heavy (non-hydrogen) atoms. The van der Waals surface area contributed by atoms with Gasteiger partial charge >= 0.3 is 0 Å². The highest BCUT2D eigenvalue weighted by atomic mass is 32.1. The third-order valence-electron chi connectivity index (χ3n) is 4.93. The van der Waals surface area contributed by atoms with E-state index in [0.717, 1.165) is 56.9 Å². The summed E-state index contributed by atoms with van der Waals surface area (Å²) in [6, 6.07) is 12.4. The molecular formula is C21H24N6OS. The molecule has 7 nitrogen and oxygen atoms in total. The number of aromatic nitrogens is 4. The van der Waals surface area contributed by atoms with Crippen molar-refractivity contribution in [3.05, 3.63) is 53.1 Å². The summed E-state index contributed by atoms with van der Waals surface area (Å²) in [6.45, 7) is 4.96. The molecule has 0 radical (unpaired) electrons. The number of fused-ring (bicyclic) bond motifs is 2. The number of imidazole rings is 1. The van der Waals surface area contributed by atoms with Crippen molar-refractivity contribution in [1.82, 2.24) is 19.5 Å². The molecule has 4 rings (SSSR count). The second-order valence-corrected chi connectivity index (χ2v) is 7.10. The first kappa shape index (κ1) is 19.4. The molecule has 8 heteroatoms. The van der Waals surface area contributed by atoms with Crippen LogP contribution in [0.25, 0.3) is 21.9 Å². The molecular weight excluding hydrogens is 384 g/mol. The van der Waals surface area contributed by atoms with Gasteiger partial charge in [0.2, 0.25) is 0 Å². The van der Waals surface area contributed by atoms with Gasteiger partial charge in [0.1, 0.15) is 12.1 Å². The Labute approximate surface area is 174 Å². The van der Waals surface area contributed by atoms with Crippen LogP contribution in [-0.4, -0.2) is 39.8 Å². The van der Waals surface area contributed by atoms with Crippen LogP contribution in [0.2, 0.25) is 0 Å². The minimum Gasteiger partial charge on any atom is -0.383 e. The van der Waals surface area contributed by atoms with Gasteiger partial charge in [-0.1, -0.05) is 18.2 Å². The lowest BCUT2D eigenvalue weighted by molar-refractivity contribution is 0.211. The fraction of sp³-hybridized carbons (Fsp3) is 0.286. The second kappa shape index (κ2) is 8.59. The number of anilines is 2. The molecule has 0 aliphatic heterocycles. The van der Waals surface area contributed by atoms with Crippen molar-refractivity contribution in [3.63, 3.8) is 0 Å².